The number of hydrogen-bond donors (Lipinski definition) is 2. The molecular weight excluding hydrogens is 300 g/mol. The van der Waals surface area contributed by atoms with E-state index in [-0.39, 0.29) is 11.1 Å². The van der Waals surface area contributed by atoms with Crippen LogP contribution in [0.3, 0.4) is 0 Å². The van der Waals surface area contributed by atoms with Crippen LogP contribution < -0.4 is 10.6 Å². The van der Waals surface area contributed by atoms with Gasteiger partial charge in [0.1, 0.15) is 0 Å². The summed E-state index contributed by atoms with van der Waals surface area (Å²) < 4.78 is 0. The number of carbonyl (C=O) groups is 2. The minimum Gasteiger partial charge on any atom is -0.354 e. The number of nitrogens with one attached hydrogen (secondary N) is 2. The second-order valence-electron chi connectivity index (χ2n) is 5.54. The second kappa shape index (κ2) is 6.91. The monoisotopic (exact) mass is 318 g/mol. The standard InChI is InChI=1S/C15H18N4O2S/c20-13-12(22-15(21)19-13)8-11-6-7-16-14(18-11)17-9-10-4-2-1-3-5-10/h6-8,10H,1-5,9H2,(H,16,17,18)(H,19,20,21)/b12-8-. The van der Waals surface area contributed by atoms with Crippen LogP contribution in [0.5, 0.6) is 0 Å². The molecule has 0 aromatic carbocycles. The quantitative estimate of drug-likeness (QED) is 0.831. The van der Waals surface area contributed by atoms with Crippen molar-refractivity contribution in [2.24, 2.45) is 5.92 Å². The Morgan fingerprint density at radius 3 is 2.86 bits per heavy atom. The summed E-state index contributed by atoms with van der Waals surface area (Å²) in [6, 6.07) is 1.72. The van der Waals surface area contributed by atoms with Gasteiger partial charge in [-0.1, -0.05) is 19.3 Å². The largest absolute Gasteiger partial charge is 0.354 e. The van der Waals surface area contributed by atoms with Crippen molar-refractivity contribution >= 4 is 34.9 Å². The smallest absolute Gasteiger partial charge is 0.290 e. The zero-order valence-electron chi connectivity index (χ0n) is 12.2. The summed E-state index contributed by atoms with van der Waals surface area (Å²) in [4.78, 5) is 31.6. The van der Waals surface area contributed by atoms with Gasteiger partial charge in [0, 0.05) is 12.7 Å². The van der Waals surface area contributed by atoms with E-state index in [4.69, 9.17) is 0 Å². The van der Waals surface area contributed by atoms with E-state index >= 15 is 0 Å². The fraction of sp³-hybridized carbons (Fsp3) is 0.467. The summed E-state index contributed by atoms with van der Waals surface area (Å²) in [7, 11) is 0. The molecule has 2 N–H and O–H groups in total. The molecule has 0 atom stereocenters. The van der Waals surface area contributed by atoms with Crippen molar-refractivity contribution in [1.82, 2.24) is 15.3 Å². The number of anilines is 1. The van der Waals surface area contributed by atoms with E-state index in [1.54, 1.807) is 18.3 Å². The van der Waals surface area contributed by atoms with Crippen LogP contribution in [-0.4, -0.2) is 27.7 Å². The maximum atomic E-state index is 11.5. The Labute approximate surface area is 133 Å². The van der Waals surface area contributed by atoms with Crippen molar-refractivity contribution in [3.63, 3.8) is 0 Å². The minimum atomic E-state index is -0.370. The highest BCUT2D eigenvalue weighted by atomic mass is 32.2. The molecule has 0 bridgehead atoms. The Hall–Kier alpha value is -1.89. The fourth-order valence-electron chi connectivity index (χ4n) is 2.72. The maximum Gasteiger partial charge on any atom is 0.290 e. The summed E-state index contributed by atoms with van der Waals surface area (Å²) in [6.07, 6.45) is 9.74. The summed E-state index contributed by atoms with van der Waals surface area (Å²) in [6.45, 7) is 0.883. The lowest BCUT2D eigenvalue weighted by Crippen LogP contribution is -2.18. The van der Waals surface area contributed by atoms with E-state index in [0.29, 0.717) is 22.5 Å². The highest BCUT2D eigenvalue weighted by Crippen LogP contribution is 2.25. The molecule has 3 rings (SSSR count). The van der Waals surface area contributed by atoms with Crippen molar-refractivity contribution < 1.29 is 9.59 Å². The number of thioether (sulfide) groups is 1. The number of nitrogens with zero attached hydrogens (tertiary/aromatic N) is 2. The molecular formula is C15H18N4O2S. The number of amides is 2. The molecule has 2 fully saturated rings. The van der Waals surface area contributed by atoms with Crippen molar-refractivity contribution in [2.45, 2.75) is 32.1 Å². The lowest BCUT2D eigenvalue weighted by atomic mass is 9.89. The third-order valence-corrected chi connectivity index (χ3v) is 4.68. The maximum absolute atomic E-state index is 11.5. The molecule has 2 aliphatic rings. The van der Waals surface area contributed by atoms with Crippen molar-refractivity contribution in [2.75, 3.05) is 11.9 Å². The van der Waals surface area contributed by atoms with Crippen LogP contribution in [0.2, 0.25) is 0 Å². The summed E-state index contributed by atoms with van der Waals surface area (Å²) in [5, 5.41) is 5.16. The molecule has 2 heterocycles. The predicted molar refractivity (Wildman–Crippen MR) is 86.2 cm³/mol. The molecule has 6 nitrogen and oxygen atoms in total. The number of hydrogen-bond acceptors (Lipinski definition) is 6. The van der Waals surface area contributed by atoms with Gasteiger partial charge in [-0.25, -0.2) is 9.97 Å². The summed E-state index contributed by atoms with van der Waals surface area (Å²) in [5.74, 6) is 0.883. The van der Waals surface area contributed by atoms with Crippen LogP contribution in [-0.2, 0) is 4.79 Å². The van der Waals surface area contributed by atoms with Crippen LogP contribution >= 0.6 is 11.8 Å². The Bertz CT molecular complexity index is 611. The van der Waals surface area contributed by atoms with Gasteiger partial charge in [0.2, 0.25) is 5.95 Å². The van der Waals surface area contributed by atoms with E-state index in [2.05, 4.69) is 20.6 Å². The molecule has 0 unspecified atom stereocenters. The first kappa shape index (κ1) is 15.0. The first-order valence-electron chi connectivity index (χ1n) is 7.52. The SMILES string of the molecule is O=C1NC(=O)/C(=C/c2ccnc(NCC3CCCCC3)n2)S1. The van der Waals surface area contributed by atoms with Crippen LogP contribution in [0, 0.1) is 5.92 Å². The number of rotatable bonds is 4. The van der Waals surface area contributed by atoms with Gasteiger partial charge < -0.3 is 5.32 Å². The van der Waals surface area contributed by atoms with Crippen LogP contribution in [0.4, 0.5) is 10.7 Å². The topological polar surface area (TPSA) is 84.0 Å². The van der Waals surface area contributed by atoms with Crippen LogP contribution in [0.15, 0.2) is 17.2 Å². The zero-order chi connectivity index (χ0) is 15.4. The highest BCUT2D eigenvalue weighted by molar-refractivity contribution is 8.18. The van der Waals surface area contributed by atoms with E-state index in [0.717, 1.165) is 18.3 Å². The Morgan fingerprint density at radius 1 is 1.32 bits per heavy atom. The lowest BCUT2D eigenvalue weighted by Gasteiger charge is -2.21. The van der Waals surface area contributed by atoms with Gasteiger partial charge in [-0.15, -0.1) is 0 Å². The number of aromatic nitrogens is 2. The van der Waals surface area contributed by atoms with Gasteiger partial charge in [0.15, 0.2) is 0 Å². The lowest BCUT2D eigenvalue weighted by molar-refractivity contribution is -0.115. The van der Waals surface area contributed by atoms with Crippen LogP contribution in [0.25, 0.3) is 6.08 Å². The average molecular weight is 318 g/mol. The molecule has 0 spiro atoms. The molecule has 116 valence electrons. The van der Waals surface area contributed by atoms with E-state index in [1.165, 1.54) is 32.1 Å². The predicted octanol–water partition coefficient (Wildman–Crippen LogP) is 2.79. The van der Waals surface area contributed by atoms with Gasteiger partial charge in [-0.2, -0.15) is 0 Å². The normalized spacial score (nSPS) is 21.2. The fourth-order valence-corrected chi connectivity index (χ4v) is 3.39. The van der Waals surface area contributed by atoms with Crippen molar-refractivity contribution in [3.05, 3.63) is 22.9 Å². The first-order chi connectivity index (χ1) is 10.7. The summed E-state index contributed by atoms with van der Waals surface area (Å²) >= 11 is 0.891. The molecule has 1 aromatic rings. The second-order valence-corrected chi connectivity index (χ2v) is 6.56. The highest BCUT2D eigenvalue weighted by Gasteiger charge is 2.25. The Morgan fingerprint density at radius 2 is 2.14 bits per heavy atom. The van der Waals surface area contributed by atoms with Gasteiger partial charge in [0.05, 0.1) is 10.6 Å². The first-order valence-corrected chi connectivity index (χ1v) is 8.34. The Kier molecular flexibility index (Phi) is 4.72. The zero-order valence-corrected chi connectivity index (χ0v) is 13.0. The van der Waals surface area contributed by atoms with E-state index in [9.17, 15) is 9.59 Å². The van der Waals surface area contributed by atoms with Crippen molar-refractivity contribution in [1.29, 1.82) is 0 Å². The minimum absolute atomic E-state index is 0.346. The van der Waals surface area contributed by atoms with E-state index < -0.39 is 0 Å². The molecule has 1 aliphatic heterocycles. The number of carbonyl (C=O) groups excluding carboxylic acids is 2. The van der Waals surface area contributed by atoms with Gasteiger partial charge in [-0.05, 0) is 42.7 Å². The third kappa shape index (κ3) is 3.85. The number of imide groups is 1. The molecule has 1 aliphatic carbocycles. The summed E-state index contributed by atoms with van der Waals surface area (Å²) in [5.41, 5.74) is 0.619. The average Bonchev–Trinajstić information content (AvgIpc) is 2.84. The molecule has 2 amide bonds. The van der Waals surface area contributed by atoms with Crippen LogP contribution in [0.1, 0.15) is 37.8 Å². The van der Waals surface area contributed by atoms with Crippen molar-refractivity contribution in [3.8, 4) is 0 Å². The molecule has 1 saturated heterocycles. The molecule has 0 radical (unpaired) electrons. The molecule has 1 saturated carbocycles. The van der Waals surface area contributed by atoms with Gasteiger partial charge in [0.25, 0.3) is 11.1 Å². The third-order valence-electron chi connectivity index (χ3n) is 3.87. The molecule has 7 heteroatoms. The van der Waals surface area contributed by atoms with Gasteiger partial charge >= 0.3 is 0 Å². The molecule has 22 heavy (non-hydrogen) atoms. The van der Waals surface area contributed by atoms with E-state index in [1.807, 2.05) is 0 Å². The Balaban J connectivity index is 1.63. The van der Waals surface area contributed by atoms with Gasteiger partial charge in [-0.3, -0.25) is 14.9 Å². The molecule has 1 aromatic heterocycles.